The van der Waals surface area contributed by atoms with Crippen LogP contribution in [0.1, 0.15) is 16.0 Å². The van der Waals surface area contributed by atoms with E-state index in [1.807, 2.05) is 60.8 Å². The van der Waals surface area contributed by atoms with Crippen molar-refractivity contribution in [3.8, 4) is 5.75 Å². The molecule has 0 aliphatic carbocycles. The number of hydrogen-bond acceptors (Lipinski definition) is 4. The van der Waals surface area contributed by atoms with E-state index in [0.717, 1.165) is 16.9 Å². The minimum atomic E-state index is -0.0998. The maximum Gasteiger partial charge on any atom is 0.238 e. The third kappa shape index (κ3) is 5.58. The number of thiophene rings is 1. The predicted molar refractivity (Wildman–Crippen MR) is 116 cm³/mol. The lowest BCUT2D eigenvalue weighted by atomic mass is 10.2. The first-order valence-corrected chi connectivity index (χ1v) is 10.2. The van der Waals surface area contributed by atoms with E-state index in [-0.39, 0.29) is 12.5 Å². The molecule has 0 unspecified atom stereocenters. The Hall–Kier alpha value is -2.34. The van der Waals surface area contributed by atoms with Crippen molar-refractivity contribution in [2.24, 2.45) is 0 Å². The number of nitrogens with zero attached hydrogens (tertiary/aromatic N) is 1. The second-order valence-electron chi connectivity index (χ2n) is 6.57. The van der Waals surface area contributed by atoms with Gasteiger partial charge in [0, 0.05) is 23.5 Å². The molecule has 0 aliphatic heterocycles. The molecule has 0 radical (unpaired) electrons. The van der Waals surface area contributed by atoms with E-state index < -0.39 is 0 Å². The number of aryl methyl sites for hydroxylation is 1. The molecule has 2 aromatic carbocycles. The zero-order valence-electron chi connectivity index (χ0n) is 15.9. The summed E-state index contributed by atoms with van der Waals surface area (Å²) >= 11 is 7.93. The average Bonchev–Trinajstić information content (AvgIpc) is 3.17. The lowest BCUT2D eigenvalue weighted by Gasteiger charge is -2.22. The number of methoxy groups -OCH3 is 1. The molecule has 146 valence electrons. The number of anilines is 1. The number of para-hydroxylation sites is 1. The molecule has 1 heterocycles. The van der Waals surface area contributed by atoms with Crippen LogP contribution in [-0.4, -0.2) is 24.5 Å². The summed E-state index contributed by atoms with van der Waals surface area (Å²) in [5.74, 6) is 0.720. The van der Waals surface area contributed by atoms with Crippen LogP contribution in [0.15, 0.2) is 60.0 Å². The molecule has 0 saturated carbocycles. The van der Waals surface area contributed by atoms with Crippen molar-refractivity contribution in [1.82, 2.24) is 4.90 Å². The van der Waals surface area contributed by atoms with Gasteiger partial charge < -0.3 is 10.1 Å². The van der Waals surface area contributed by atoms with Crippen LogP contribution in [0.2, 0.25) is 5.02 Å². The van der Waals surface area contributed by atoms with Crippen LogP contribution >= 0.6 is 22.9 Å². The van der Waals surface area contributed by atoms with Gasteiger partial charge in [-0.25, -0.2) is 0 Å². The predicted octanol–water partition coefficient (Wildman–Crippen LogP) is 5.36. The lowest BCUT2D eigenvalue weighted by molar-refractivity contribution is -0.117. The Morgan fingerprint density at radius 1 is 1.14 bits per heavy atom. The molecule has 0 aliphatic rings. The van der Waals surface area contributed by atoms with E-state index in [4.69, 9.17) is 16.3 Å². The summed E-state index contributed by atoms with van der Waals surface area (Å²) in [6, 6.07) is 17.6. The number of carbonyl (C=O) groups is 1. The first-order chi connectivity index (χ1) is 13.5. The lowest BCUT2D eigenvalue weighted by Crippen LogP contribution is -2.32. The van der Waals surface area contributed by atoms with Crippen molar-refractivity contribution in [1.29, 1.82) is 0 Å². The SMILES string of the molecule is COc1ccccc1CN(CC(=O)Nc1ccc(C)cc1Cl)Cc1cccs1. The normalized spacial score (nSPS) is 10.9. The van der Waals surface area contributed by atoms with E-state index in [1.165, 1.54) is 4.88 Å². The van der Waals surface area contributed by atoms with Gasteiger partial charge in [-0.05, 0) is 42.1 Å². The smallest absolute Gasteiger partial charge is 0.238 e. The number of benzene rings is 2. The van der Waals surface area contributed by atoms with Gasteiger partial charge in [0.25, 0.3) is 0 Å². The molecule has 6 heteroatoms. The van der Waals surface area contributed by atoms with Crippen LogP contribution < -0.4 is 10.1 Å². The van der Waals surface area contributed by atoms with E-state index >= 15 is 0 Å². The zero-order valence-corrected chi connectivity index (χ0v) is 17.5. The number of nitrogens with one attached hydrogen (secondary N) is 1. The molecule has 3 rings (SSSR count). The van der Waals surface area contributed by atoms with Crippen molar-refractivity contribution in [3.63, 3.8) is 0 Å². The summed E-state index contributed by atoms with van der Waals surface area (Å²) in [5.41, 5.74) is 2.73. The molecule has 0 spiro atoms. The fourth-order valence-corrected chi connectivity index (χ4v) is 4.01. The molecule has 3 aromatic rings. The second kappa shape index (κ2) is 9.73. The Morgan fingerprint density at radius 2 is 1.96 bits per heavy atom. The highest BCUT2D eigenvalue weighted by atomic mass is 35.5. The molecule has 1 N–H and O–H groups in total. The minimum absolute atomic E-state index is 0.0998. The number of amides is 1. The fourth-order valence-electron chi connectivity index (χ4n) is 2.98. The van der Waals surface area contributed by atoms with E-state index in [2.05, 4.69) is 16.3 Å². The molecule has 0 bridgehead atoms. The maximum absolute atomic E-state index is 12.7. The number of halogens is 1. The van der Waals surface area contributed by atoms with Crippen LogP contribution in [0.25, 0.3) is 0 Å². The quantitative estimate of drug-likeness (QED) is 0.539. The molecule has 1 aromatic heterocycles. The summed E-state index contributed by atoms with van der Waals surface area (Å²) in [6.45, 7) is 3.51. The molecule has 0 atom stereocenters. The monoisotopic (exact) mass is 414 g/mol. The fraction of sp³-hybridized carbons (Fsp3) is 0.227. The Balaban J connectivity index is 1.73. The topological polar surface area (TPSA) is 41.6 Å². The molecule has 1 amide bonds. The summed E-state index contributed by atoms with van der Waals surface area (Å²) < 4.78 is 5.47. The van der Waals surface area contributed by atoms with Crippen LogP contribution in [0, 0.1) is 6.92 Å². The van der Waals surface area contributed by atoms with Gasteiger partial charge in [0.1, 0.15) is 5.75 Å². The minimum Gasteiger partial charge on any atom is -0.496 e. The summed E-state index contributed by atoms with van der Waals surface area (Å²) in [7, 11) is 1.66. The van der Waals surface area contributed by atoms with Crippen LogP contribution in [0.3, 0.4) is 0 Å². The Kier molecular flexibility index (Phi) is 7.09. The maximum atomic E-state index is 12.7. The van der Waals surface area contributed by atoms with Crippen LogP contribution in [0.5, 0.6) is 5.75 Å². The van der Waals surface area contributed by atoms with Gasteiger partial charge in [0.05, 0.1) is 24.4 Å². The van der Waals surface area contributed by atoms with Gasteiger partial charge in [0.2, 0.25) is 5.91 Å². The highest BCUT2D eigenvalue weighted by Crippen LogP contribution is 2.24. The van der Waals surface area contributed by atoms with Gasteiger partial charge in [-0.3, -0.25) is 9.69 Å². The Labute approximate surface area is 174 Å². The van der Waals surface area contributed by atoms with Crippen molar-refractivity contribution >= 4 is 34.5 Å². The van der Waals surface area contributed by atoms with Gasteiger partial charge in [-0.1, -0.05) is 41.9 Å². The van der Waals surface area contributed by atoms with Gasteiger partial charge in [-0.2, -0.15) is 0 Å². The molecule has 0 saturated heterocycles. The van der Waals surface area contributed by atoms with E-state index in [9.17, 15) is 4.79 Å². The van der Waals surface area contributed by atoms with Gasteiger partial charge in [-0.15, -0.1) is 11.3 Å². The molecule has 4 nitrogen and oxygen atoms in total. The van der Waals surface area contributed by atoms with Crippen molar-refractivity contribution in [2.75, 3.05) is 19.0 Å². The number of rotatable bonds is 8. The standard InChI is InChI=1S/C22H23ClN2O2S/c1-16-9-10-20(19(23)12-16)24-22(26)15-25(14-18-7-5-11-28-18)13-17-6-3-4-8-21(17)27-2/h3-12H,13-15H2,1-2H3,(H,24,26). The Bertz CT molecular complexity index is 928. The van der Waals surface area contributed by atoms with E-state index in [0.29, 0.717) is 23.8 Å². The van der Waals surface area contributed by atoms with Gasteiger partial charge >= 0.3 is 0 Å². The number of ether oxygens (including phenoxy) is 1. The summed E-state index contributed by atoms with van der Waals surface area (Å²) in [4.78, 5) is 16.0. The third-order valence-electron chi connectivity index (χ3n) is 4.31. The van der Waals surface area contributed by atoms with Crippen LogP contribution in [-0.2, 0) is 17.9 Å². The molecule has 0 fully saturated rings. The number of carbonyl (C=O) groups excluding carboxylic acids is 1. The average molecular weight is 415 g/mol. The first kappa shape index (κ1) is 20.4. The first-order valence-electron chi connectivity index (χ1n) is 8.98. The number of hydrogen-bond donors (Lipinski definition) is 1. The molecular weight excluding hydrogens is 392 g/mol. The zero-order chi connectivity index (χ0) is 19.9. The molecule has 28 heavy (non-hydrogen) atoms. The highest BCUT2D eigenvalue weighted by Gasteiger charge is 2.16. The van der Waals surface area contributed by atoms with Crippen molar-refractivity contribution in [3.05, 3.63) is 81.0 Å². The van der Waals surface area contributed by atoms with E-state index in [1.54, 1.807) is 18.4 Å². The van der Waals surface area contributed by atoms with Crippen LogP contribution in [0.4, 0.5) is 5.69 Å². The Morgan fingerprint density at radius 3 is 2.68 bits per heavy atom. The largest absolute Gasteiger partial charge is 0.496 e. The highest BCUT2D eigenvalue weighted by molar-refractivity contribution is 7.09. The van der Waals surface area contributed by atoms with Gasteiger partial charge in [0.15, 0.2) is 0 Å². The summed E-state index contributed by atoms with van der Waals surface area (Å²) in [6.07, 6.45) is 0. The van der Waals surface area contributed by atoms with Crippen molar-refractivity contribution < 1.29 is 9.53 Å². The third-order valence-corrected chi connectivity index (χ3v) is 5.49. The molecular formula is C22H23ClN2O2S. The van der Waals surface area contributed by atoms with Crippen molar-refractivity contribution in [2.45, 2.75) is 20.0 Å². The summed E-state index contributed by atoms with van der Waals surface area (Å²) in [5, 5.41) is 5.51. The second-order valence-corrected chi connectivity index (χ2v) is 8.01.